The van der Waals surface area contributed by atoms with Crippen LogP contribution in [0.4, 0.5) is 18.0 Å². The van der Waals surface area contributed by atoms with E-state index in [1.807, 2.05) is 6.92 Å². The molecule has 5 nitrogen and oxygen atoms in total. The number of hydrogen-bond donors (Lipinski definition) is 2. The zero-order valence-electron chi connectivity index (χ0n) is 12.6. The number of amides is 2. The molecule has 2 atom stereocenters. The topological polar surface area (TPSA) is 61.8 Å². The van der Waals surface area contributed by atoms with Crippen LogP contribution in [0.3, 0.4) is 0 Å². The Morgan fingerprint density at radius 2 is 2.26 bits per heavy atom. The molecule has 8 heteroatoms. The fourth-order valence-corrected chi connectivity index (χ4v) is 2.43. The average Bonchev–Trinajstić information content (AvgIpc) is 2.48. The Labute approximate surface area is 132 Å². The molecule has 1 heterocycles. The highest BCUT2D eigenvalue weighted by molar-refractivity contribution is 5.74. The first-order valence-electron chi connectivity index (χ1n) is 7.31. The van der Waals surface area contributed by atoms with E-state index in [2.05, 4.69) is 10.1 Å². The quantitative estimate of drug-likeness (QED) is 0.890. The van der Waals surface area contributed by atoms with Gasteiger partial charge < -0.3 is 20.1 Å². The highest BCUT2D eigenvalue weighted by atomic mass is 19.3. The van der Waals surface area contributed by atoms with Crippen molar-refractivity contribution < 1.29 is 27.8 Å². The highest BCUT2D eigenvalue weighted by Crippen LogP contribution is 2.23. The maximum absolute atomic E-state index is 13.8. The molecule has 2 amide bonds. The standard InChI is InChI=1S/C15H19F3N2O3/c1-9-5-6-20(8-12(9)21)15(22)19-7-10-11(16)3-2-4-13(10)23-14(17)18/h2-4,9,12,14,21H,5-8H2,1H3,(H,19,22). The summed E-state index contributed by atoms with van der Waals surface area (Å²) in [6.45, 7) is -0.806. The fourth-order valence-electron chi connectivity index (χ4n) is 2.43. The van der Waals surface area contributed by atoms with Gasteiger partial charge in [-0.15, -0.1) is 0 Å². The summed E-state index contributed by atoms with van der Waals surface area (Å²) < 4.78 is 42.7. The van der Waals surface area contributed by atoms with Crippen LogP contribution in [0.1, 0.15) is 18.9 Å². The summed E-state index contributed by atoms with van der Waals surface area (Å²) in [5, 5.41) is 12.3. The molecular formula is C15H19F3N2O3. The van der Waals surface area contributed by atoms with Crippen LogP contribution in [0.5, 0.6) is 5.75 Å². The maximum Gasteiger partial charge on any atom is 0.387 e. The number of aliphatic hydroxyl groups is 1. The van der Waals surface area contributed by atoms with E-state index in [-0.39, 0.29) is 30.3 Å². The number of halogens is 3. The number of rotatable bonds is 4. The van der Waals surface area contributed by atoms with Crippen LogP contribution in [0.15, 0.2) is 18.2 Å². The van der Waals surface area contributed by atoms with E-state index in [4.69, 9.17) is 0 Å². The van der Waals surface area contributed by atoms with Crippen LogP contribution in [-0.4, -0.2) is 41.8 Å². The molecule has 0 aromatic heterocycles. The van der Waals surface area contributed by atoms with E-state index in [9.17, 15) is 23.1 Å². The maximum atomic E-state index is 13.8. The van der Waals surface area contributed by atoms with Gasteiger partial charge in [0.05, 0.1) is 12.6 Å². The molecule has 1 fully saturated rings. The Morgan fingerprint density at radius 3 is 2.91 bits per heavy atom. The Hall–Kier alpha value is -1.96. The molecule has 1 saturated heterocycles. The molecule has 0 bridgehead atoms. The van der Waals surface area contributed by atoms with Crippen molar-refractivity contribution in [3.63, 3.8) is 0 Å². The van der Waals surface area contributed by atoms with Gasteiger partial charge in [0, 0.05) is 18.7 Å². The van der Waals surface area contributed by atoms with Gasteiger partial charge in [-0.25, -0.2) is 9.18 Å². The SMILES string of the molecule is CC1CCN(C(=O)NCc2c(F)cccc2OC(F)F)CC1O. The van der Waals surface area contributed by atoms with Crippen molar-refractivity contribution in [1.29, 1.82) is 0 Å². The number of alkyl halides is 2. The van der Waals surface area contributed by atoms with Crippen molar-refractivity contribution >= 4 is 6.03 Å². The second kappa shape index (κ2) is 7.54. The number of carbonyl (C=O) groups is 1. The fraction of sp³-hybridized carbons (Fsp3) is 0.533. The summed E-state index contributed by atoms with van der Waals surface area (Å²) in [6.07, 6.45) is 0.0503. The number of likely N-dealkylation sites (tertiary alicyclic amines) is 1. The number of β-amino-alcohol motifs (C(OH)–C–C–N with tert-alkyl or cyclic N) is 1. The number of aliphatic hydroxyl groups excluding tert-OH is 1. The molecule has 2 unspecified atom stereocenters. The third kappa shape index (κ3) is 4.51. The Balaban J connectivity index is 1.99. The number of urea groups is 1. The molecule has 0 spiro atoms. The first-order valence-corrected chi connectivity index (χ1v) is 7.31. The van der Waals surface area contributed by atoms with Gasteiger partial charge >= 0.3 is 12.6 Å². The number of piperidine rings is 1. The minimum Gasteiger partial charge on any atom is -0.434 e. The van der Waals surface area contributed by atoms with Crippen molar-refractivity contribution in [3.05, 3.63) is 29.6 Å². The van der Waals surface area contributed by atoms with E-state index in [1.54, 1.807) is 0 Å². The van der Waals surface area contributed by atoms with Gasteiger partial charge in [0.15, 0.2) is 0 Å². The van der Waals surface area contributed by atoms with Crippen LogP contribution >= 0.6 is 0 Å². The number of carbonyl (C=O) groups excluding carboxylic acids is 1. The second-order valence-corrected chi connectivity index (χ2v) is 5.53. The Morgan fingerprint density at radius 1 is 1.52 bits per heavy atom. The minimum absolute atomic E-state index is 0.108. The average molecular weight is 332 g/mol. The third-order valence-electron chi connectivity index (χ3n) is 3.91. The van der Waals surface area contributed by atoms with Gasteiger partial charge in [-0.2, -0.15) is 8.78 Å². The molecule has 2 rings (SSSR count). The summed E-state index contributed by atoms with van der Waals surface area (Å²) in [7, 11) is 0. The summed E-state index contributed by atoms with van der Waals surface area (Å²) in [4.78, 5) is 13.5. The van der Waals surface area contributed by atoms with Gasteiger partial charge in [-0.1, -0.05) is 13.0 Å². The monoisotopic (exact) mass is 332 g/mol. The summed E-state index contributed by atoms with van der Waals surface area (Å²) >= 11 is 0. The molecule has 23 heavy (non-hydrogen) atoms. The molecule has 0 saturated carbocycles. The van der Waals surface area contributed by atoms with Crippen LogP contribution in [0, 0.1) is 11.7 Å². The van der Waals surface area contributed by atoms with Gasteiger partial charge in [0.1, 0.15) is 11.6 Å². The molecule has 1 aliphatic rings. The van der Waals surface area contributed by atoms with Gasteiger partial charge in [0.25, 0.3) is 0 Å². The lowest BCUT2D eigenvalue weighted by Gasteiger charge is -2.34. The van der Waals surface area contributed by atoms with Crippen LogP contribution < -0.4 is 10.1 Å². The lowest BCUT2D eigenvalue weighted by Crippen LogP contribution is -2.49. The molecule has 1 aromatic rings. The van der Waals surface area contributed by atoms with E-state index in [1.165, 1.54) is 17.0 Å². The normalized spacial score (nSPS) is 21.4. The van der Waals surface area contributed by atoms with E-state index in [0.717, 1.165) is 6.07 Å². The number of ether oxygens (including phenoxy) is 1. The van der Waals surface area contributed by atoms with Crippen molar-refractivity contribution in [1.82, 2.24) is 10.2 Å². The summed E-state index contributed by atoms with van der Waals surface area (Å²) in [5.74, 6) is -0.944. The van der Waals surface area contributed by atoms with Crippen molar-refractivity contribution in [2.24, 2.45) is 5.92 Å². The highest BCUT2D eigenvalue weighted by Gasteiger charge is 2.27. The predicted octanol–water partition coefficient (Wildman–Crippen LogP) is 2.34. The first kappa shape index (κ1) is 17.4. The van der Waals surface area contributed by atoms with Crippen LogP contribution in [0.2, 0.25) is 0 Å². The molecule has 128 valence electrons. The van der Waals surface area contributed by atoms with Crippen LogP contribution in [0.25, 0.3) is 0 Å². The largest absolute Gasteiger partial charge is 0.434 e. The molecule has 1 aromatic carbocycles. The second-order valence-electron chi connectivity index (χ2n) is 5.53. The van der Waals surface area contributed by atoms with Gasteiger partial charge in [-0.3, -0.25) is 0 Å². The Bertz CT molecular complexity index is 557. The lowest BCUT2D eigenvalue weighted by atomic mass is 9.96. The number of hydrogen-bond acceptors (Lipinski definition) is 3. The number of nitrogens with zero attached hydrogens (tertiary/aromatic N) is 1. The third-order valence-corrected chi connectivity index (χ3v) is 3.91. The molecule has 0 radical (unpaired) electrons. The van der Waals surface area contributed by atoms with Gasteiger partial charge in [-0.05, 0) is 24.5 Å². The van der Waals surface area contributed by atoms with E-state index in [0.29, 0.717) is 13.0 Å². The molecule has 0 aliphatic carbocycles. The van der Waals surface area contributed by atoms with Crippen LogP contribution in [-0.2, 0) is 6.54 Å². The van der Waals surface area contributed by atoms with Crippen molar-refractivity contribution in [2.75, 3.05) is 13.1 Å². The molecular weight excluding hydrogens is 313 g/mol. The van der Waals surface area contributed by atoms with Crippen molar-refractivity contribution in [3.8, 4) is 5.75 Å². The van der Waals surface area contributed by atoms with E-state index < -0.39 is 24.6 Å². The Kier molecular flexibility index (Phi) is 5.70. The number of nitrogens with one attached hydrogen (secondary N) is 1. The van der Waals surface area contributed by atoms with E-state index >= 15 is 0 Å². The number of benzene rings is 1. The zero-order chi connectivity index (χ0) is 17.0. The molecule has 1 aliphatic heterocycles. The summed E-state index contributed by atoms with van der Waals surface area (Å²) in [6, 6.07) is 3.08. The zero-order valence-corrected chi connectivity index (χ0v) is 12.6. The van der Waals surface area contributed by atoms with Gasteiger partial charge in [0.2, 0.25) is 0 Å². The molecule has 2 N–H and O–H groups in total. The van der Waals surface area contributed by atoms with Crippen molar-refractivity contribution in [2.45, 2.75) is 32.6 Å². The summed E-state index contributed by atoms with van der Waals surface area (Å²) in [5.41, 5.74) is -0.146. The smallest absolute Gasteiger partial charge is 0.387 e. The predicted molar refractivity (Wildman–Crippen MR) is 76.6 cm³/mol. The minimum atomic E-state index is -3.08. The lowest BCUT2D eigenvalue weighted by molar-refractivity contribution is -0.0506. The first-order chi connectivity index (χ1) is 10.9.